The van der Waals surface area contributed by atoms with Crippen molar-refractivity contribution in [1.29, 1.82) is 5.41 Å². The molecule has 0 spiro atoms. The summed E-state index contributed by atoms with van der Waals surface area (Å²) < 4.78 is 11.4. The number of nitrogens with one attached hydrogen (secondary N) is 1. The van der Waals surface area contributed by atoms with Gasteiger partial charge in [0.1, 0.15) is 5.71 Å². The molecule has 4 atom stereocenters. The summed E-state index contributed by atoms with van der Waals surface area (Å²) in [6.45, 7) is 6.49. The van der Waals surface area contributed by atoms with E-state index < -0.39 is 5.85 Å². The number of aliphatic hydroxyl groups excluding tert-OH is 1. The Bertz CT molecular complexity index is 1160. The second kappa shape index (κ2) is 10.5. The van der Waals surface area contributed by atoms with Crippen LogP contribution in [0.4, 0.5) is 5.69 Å². The lowest BCUT2D eigenvalue weighted by atomic mass is 9.99. The fourth-order valence-electron chi connectivity index (χ4n) is 4.16. The number of benzene rings is 2. The van der Waals surface area contributed by atoms with Gasteiger partial charge < -0.3 is 19.5 Å². The topological polar surface area (TPSA) is 78.1 Å². The lowest BCUT2D eigenvalue weighted by Crippen LogP contribution is -2.40. The van der Waals surface area contributed by atoms with Gasteiger partial charge in [-0.1, -0.05) is 37.3 Å². The number of hydrogen-bond donors (Lipinski definition) is 2. The van der Waals surface area contributed by atoms with E-state index in [4.69, 9.17) is 14.5 Å². The van der Waals surface area contributed by atoms with Crippen molar-refractivity contribution in [3.63, 3.8) is 0 Å². The molecule has 2 aromatic rings. The predicted octanol–water partition coefficient (Wildman–Crippen LogP) is 5.31. The van der Waals surface area contributed by atoms with Gasteiger partial charge >= 0.3 is 0 Å². The first kappa shape index (κ1) is 24.2. The van der Waals surface area contributed by atoms with Crippen LogP contribution in [0.2, 0.25) is 0 Å². The Morgan fingerprint density at radius 1 is 1.24 bits per heavy atom. The van der Waals surface area contributed by atoms with Gasteiger partial charge in [0, 0.05) is 30.6 Å². The van der Waals surface area contributed by atoms with Gasteiger partial charge in [-0.05, 0) is 55.7 Å². The molecule has 34 heavy (non-hydrogen) atoms. The fourth-order valence-corrected chi connectivity index (χ4v) is 4.27. The van der Waals surface area contributed by atoms with E-state index in [1.807, 2.05) is 63.3 Å². The van der Waals surface area contributed by atoms with Crippen LogP contribution in [-0.4, -0.2) is 35.3 Å². The zero-order valence-corrected chi connectivity index (χ0v) is 21.0. The van der Waals surface area contributed by atoms with Crippen LogP contribution >= 0.6 is 9.24 Å². The standard InChI is InChI=1S/C27H32N3O3P/c1-4-8-21(15-17(2)27(31)34)29-26(30-14-7-10-19-9-5-6-11-22(19)30)25(28)20-12-13-23-24(16-20)33-18(3)32-23/h4-6,8-9,11-13,15-18,27-28,31H,7,10,14,34H2,1-3H3/b8-4-,21-15+,28-25?,29-26?. The highest BCUT2D eigenvalue weighted by molar-refractivity contribution is 7.17. The van der Waals surface area contributed by atoms with E-state index in [-0.39, 0.29) is 12.2 Å². The summed E-state index contributed by atoms with van der Waals surface area (Å²) in [5.41, 5.74) is 4.03. The molecule has 7 heteroatoms. The van der Waals surface area contributed by atoms with Gasteiger partial charge in [-0.15, -0.1) is 9.24 Å². The summed E-state index contributed by atoms with van der Waals surface area (Å²) in [5, 5.41) is 19.2. The number of aryl methyl sites for hydroxylation is 1. The van der Waals surface area contributed by atoms with E-state index >= 15 is 0 Å². The molecule has 0 saturated heterocycles. The molecule has 2 aromatic carbocycles. The Kier molecular flexibility index (Phi) is 7.50. The van der Waals surface area contributed by atoms with E-state index in [1.54, 1.807) is 0 Å². The highest BCUT2D eigenvalue weighted by atomic mass is 31.0. The number of anilines is 1. The molecular formula is C27H32N3O3P. The van der Waals surface area contributed by atoms with E-state index in [0.29, 0.717) is 34.3 Å². The first-order chi connectivity index (χ1) is 16.4. The number of nitrogens with zero attached hydrogens (tertiary/aromatic N) is 2. The van der Waals surface area contributed by atoms with Crippen molar-refractivity contribution in [3.8, 4) is 11.5 Å². The van der Waals surface area contributed by atoms with Gasteiger partial charge in [0.05, 0.1) is 11.5 Å². The smallest absolute Gasteiger partial charge is 0.238 e. The van der Waals surface area contributed by atoms with Gasteiger partial charge in [-0.25, -0.2) is 4.99 Å². The molecule has 2 aliphatic heterocycles. The minimum Gasteiger partial charge on any atom is -0.451 e. The minimum atomic E-state index is -0.579. The molecule has 0 fully saturated rings. The number of ether oxygens (including phenoxy) is 2. The van der Waals surface area contributed by atoms with Crippen molar-refractivity contribution in [3.05, 3.63) is 77.5 Å². The van der Waals surface area contributed by atoms with Crippen LogP contribution in [0.5, 0.6) is 11.5 Å². The maximum absolute atomic E-state index is 10.0. The molecule has 178 valence electrons. The number of para-hydroxylation sites is 1. The van der Waals surface area contributed by atoms with Crippen LogP contribution in [0.3, 0.4) is 0 Å². The maximum atomic E-state index is 10.0. The van der Waals surface area contributed by atoms with Crippen LogP contribution in [0, 0.1) is 11.3 Å². The Morgan fingerprint density at radius 3 is 2.76 bits per heavy atom. The van der Waals surface area contributed by atoms with Crippen molar-refractivity contribution < 1.29 is 14.6 Å². The zero-order chi connectivity index (χ0) is 24.2. The van der Waals surface area contributed by atoms with Crippen LogP contribution in [0.15, 0.2) is 71.4 Å². The molecule has 2 N–H and O–H groups in total. The molecule has 0 amide bonds. The Hall–Kier alpha value is -2.95. The summed E-state index contributed by atoms with van der Waals surface area (Å²) in [4.78, 5) is 7.13. The molecule has 4 rings (SSSR count). The largest absolute Gasteiger partial charge is 0.451 e. The summed E-state index contributed by atoms with van der Waals surface area (Å²) in [7, 11) is 2.43. The number of amidine groups is 1. The summed E-state index contributed by atoms with van der Waals surface area (Å²) >= 11 is 0. The van der Waals surface area contributed by atoms with Gasteiger partial charge in [-0.2, -0.15) is 0 Å². The van der Waals surface area contributed by atoms with Crippen molar-refractivity contribution in [1.82, 2.24) is 0 Å². The fraction of sp³-hybridized carbons (Fsp3) is 0.333. The van der Waals surface area contributed by atoms with Gasteiger partial charge in [-0.3, -0.25) is 5.41 Å². The maximum Gasteiger partial charge on any atom is 0.238 e. The van der Waals surface area contributed by atoms with Gasteiger partial charge in [0.15, 0.2) is 17.3 Å². The normalized spacial score (nSPS) is 19.8. The number of fused-ring (bicyclic) bond motifs is 2. The van der Waals surface area contributed by atoms with Crippen LogP contribution in [0.25, 0.3) is 0 Å². The number of aliphatic hydroxyl groups is 1. The Labute approximate surface area is 203 Å². The molecule has 4 unspecified atom stereocenters. The molecule has 0 aliphatic carbocycles. The van der Waals surface area contributed by atoms with Crippen molar-refractivity contribution in [2.24, 2.45) is 10.9 Å². The van der Waals surface area contributed by atoms with Crippen LogP contribution < -0.4 is 14.4 Å². The first-order valence-electron chi connectivity index (χ1n) is 11.7. The van der Waals surface area contributed by atoms with Crippen LogP contribution in [-0.2, 0) is 6.42 Å². The second-order valence-corrected chi connectivity index (χ2v) is 9.28. The molecule has 6 nitrogen and oxygen atoms in total. The summed E-state index contributed by atoms with van der Waals surface area (Å²) in [6.07, 6.45) is 7.40. The molecular weight excluding hydrogens is 445 g/mol. The summed E-state index contributed by atoms with van der Waals surface area (Å²) in [5.74, 6) is 1.19. The van der Waals surface area contributed by atoms with E-state index in [9.17, 15) is 10.5 Å². The van der Waals surface area contributed by atoms with E-state index in [2.05, 4.69) is 32.3 Å². The quantitative estimate of drug-likeness (QED) is 0.256. The van der Waals surface area contributed by atoms with Crippen LogP contribution in [0.1, 0.15) is 38.3 Å². The molecule has 0 radical (unpaired) electrons. The third-order valence-electron chi connectivity index (χ3n) is 5.95. The average molecular weight is 478 g/mol. The molecule has 2 heterocycles. The Morgan fingerprint density at radius 2 is 2.00 bits per heavy atom. The lowest BCUT2D eigenvalue weighted by Gasteiger charge is -2.32. The molecule has 0 saturated carbocycles. The highest BCUT2D eigenvalue weighted by Gasteiger charge is 2.27. The third-order valence-corrected chi connectivity index (χ3v) is 6.56. The second-order valence-electron chi connectivity index (χ2n) is 8.60. The monoisotopic (exact) mass is 477 g/mol. The SMILES string of the molecule is C/C=C\C(=C/C(C)C(O)P)N=C(C(=N)c1ccc2c(c1)OC(C)O2)N1CCCc2ccccc21. The average Bonchev–Trinajstić information content (AvgIpc) is 3.21. The van der Waals surface area contributed by atoms with Crippen molar-refractivity contribution in [2.75, 3.05) is 11.4 Å². The predicted molar refractivity (Wildman–Crippen MR) is 141 cm³/mol. The van der Waals surface area contributed by atoms with Crippen molar-refractivity contribution in [2.45, 2.75) is 45.7 Å². The molecule has 0 aromatic heterocycles. The van der Waals surface area contributed by atoms with Gasteiger partial charge in [0.2, 0.25) is 6.29 Å². The lowest BCUT2D eigenvalue weighted by molar-refractivity contribution is 0.0678. The van der Waals surface area contributed by atoms with Crippen molar-refractivity contribution >= 4 is 26.5 Å². The van der Waals surface area contributed by atoms with E-state index in [0.717, 1.165) is 25.1 Å². The minimum absolute atomic E-state index is 0.115. The third kappa shape index (κ3) is 5.24. The molecule has 2 aliphatic rings. The number of allylic oxidation sites excluding steroid dienone is 2. The highest BCUT2D eigenvalue weighted by Crippen LogP contribution is 2.36. The number of hydrogen-bond acceptors (Lipinski definition) is 5. The number of aliphatic imine (C=N–C) groups is 1. The zero-order valence-electron chi connectivity index (χ0n) is 19.9. The summed E-state index contributed by atoms with van der Waals surface area (Å²) in [6, 6.07) is 13.9. The number of rotatable bonds is 6. The van der Waals surface area contributed by atoms with E-state index in [1.165, 1.54) is 5.56 Å². The Balaban J connectivity index is 1.81. The first-order valence-corrected chi connectivity index (χ1v) is 12.3. The molecule has 0 bridgehead atoms. The van der Waals surface area contributed by atoms with Gasteiger partial charge in [0.25, 0.3) is 0 Å².